The summed E-state index contributed by atoms with van der Waals surface area (Å²) >= 11 is 0. The molecule has 0 bridgehead atoms. The standard InChI is InChI=1S/C14H25N3O/c1-13-11-16(2)6-3-7-17(13)8-5-15-10-14-4-9-18-12-14/h4,9,12-13,15H,3,5-8,10-11H2,1-2H3. The van der Waals surface area contributed by atoms with Gasteiger partial charge in [0.1, 0.15) is 0 Å². The Morgan fingerprint density at radius 1 is 1.44 bits per heavy atom. The van der Waals surface area contributed by atoms with Gasteiger partial charge < -0.3 is 14.6 Å². The maximum Gasteiger partial charge on any atom is 0.0947 e. The average molecular weight is 251 g/mol. The summed E-state index contributed by atoms with van der Waals surface area (Å²) in [5.41, 5.74) is 1.22. The van der Waals surface area contributed by atoms with Crippen LogP contribution in [0.5, 0.6) is 0 Å². The van der Waals surface area contributed by atoms with Gasteiger partial charge in [0.15, 0.2) is 0 Å². The van der Waals surface area contributed by atoms with E-state index in [9.17, 15) is 0 Å². The molecule has 1 atom stereocenters. The highest BCUT2D eigenvalue weighted by Crippen LogP contribution is 2.07. The first-order valence-corrected chi connectivity index (χ1v) is 6.90. The molecular weight excluding hydrogens is 226 g/mol. The number of rotatable bonds is 5. The molecule has 102 valence electrons. The monoisotopic (exact) mass is 251 g/mol. The van der Waals surface area contributed by atoms with Gasteiger partial charge >= 0.3 is 0 Å². The first kappa shape index (κ1) is 13.6. The predicted octanol–water partition coefficient (Wildman–Crippen LogP) is 1.40. The van der Waals surface area contributed by atoms with Gasteiger partial charge in [-0.15, -0.1) is 0 Å². The topological polar surface area (TPSA) is 31.6 Å². The molecule has 1 aromatic rings. The number of hydrogen-bond donors (Lipinski definition) is 1. The van der Waals surface area contributed by atoms with Crippen LogP contribution in [0, 0.1) is 0 Å². The largest absolute Gasteiger partial charge is 0.472 e. The summed E-state index contributed by atoms with van der Waals surface area (Å²) < 4.78 is 5.05. The van der Waals surface area contributed by atoms with E-state index in [1.807, 2.05) is 6.07 Å². The molecule has 4 heteroatoms. The molecule has 2 heterocycles. The van der Waals surface area contributed by atoms with Crippen molar-refractivity contribution in [3.05, 3.63) is 24.2 Å². The number of nitrogens with one attached hydrogen (secondary N) is 1. The smallest absolute Gasteiger partial charge is 0.0947 e. The molecule has 1 N–H and O–H groups in total. The van der Waals surface area contributed by atoms with E-state index in [2.05, 4.69) is 29.1 Å². The van der Waals surface area contributed by atoms with Crippen LogP contribution in [-0.2, 0) is 6.54 Å². The summed E-state index contributed by atoms with van der Waals surface area (Å²) in [5.74, 6) is 0. The Morgan fingerprint density at radius 3 is 3.11 bits per heavy atom. The quantitative estimate of drug-likeness (QED) is 0.802. The molecular formula is C14H25N3O. The van der Waals surface area contributed by atoms with Gasteiger partial charge in [-0.2, -0.15) is 0 Å². The van der Waals surface area contributed by atoms with Gasteiger partial charge in [-0.1, -0.05) is 0 Å². The van der Waals surface area contributed by atoms with E-state index in [0.29, 0.717) is 6.04 Å². The summed E-state index contributed by atoms with van der Waals surface area (Å²) in [5, 5.41) is 3.47. The van der Waals surface area contributed by atoms with Crippen molar-refractivity contribution in [1.82, 2.24) is 15.1 Å². The van der Waals surface area contributed by atoms with Crippen LogP contribution in [-0.4, -0.2) is 55.6 Å². The molecule has 0 aliphatic carbocycles. The van der Waals surface area contributed by atoms with E-state index in [4.69, 9.17) is 4.42 Å². The Morgan fingerprint density at radius 2 is 2.33 bits per heavy atom. The van der Waals surface area contributed by atoms with Crippen LogP contribution in [0.3, 0.4) is 0 Å². The molecule has 0 spiro atoms. The average Bonchev–Trinajstić information content (AvgIpc) is 2.79. The molecule has 0 saturated carbocycles. The van der Waals surface area contributed by atoms with E-state index in [1.165, 1.54) is 31.6 Å². The molecule has 4 nitrogen and oxygen atoms in total. The van der Waals surface area contributed by atoms with Crippen molar-refractivity contribution in [3.8, 4) is 0 Å². The number of likely N-dealkylation sites (N-methyl/N-ethyl adjacent to an activating group) is 1. The third-order valence-electron chi connectivity index (χ3n) is 3.67. The third kappa shape index (κ3) is 4.12. The van der Waals surface area contributed by atoms with Gasteiger partial charge in [-0.3, -0.25) is 4.90 Å². The molecule has 1 aliphatic heterocycles. The van der Waals surface area contributed by atoms with Crippen LogP contribution in [0.15, 0.2) is 23.0 Å². The minimum atomic E-state index is 0.660. The van der Waals surface area contributed by atoms with Crippen molar-refractivity contribution in [3.63, 3.8) is 0 Å². The Labute approximate surface area is 110 Å². The zero-order chi connectivity index (χ0) is 12.8. The van der Waals surface area contributed by atoms with Crippen molar-refractivity contribution < 1.29 is 4.42 Å². The molecule has 1 unspecified atom stereocenters. The lowest BCUT2D eigenvalue weighted by atomic mass is 10.2. The molecule has 1 fully saturated rings. The maximum atomic E-state index is 5.05. The van der Waals surface area contributed by atoms with Crippen LogP contribution < -0.4 is 5.32 Å². The minimum Gasteiger partial charge on any atom is -0.472 e. The number of furan rings is 1. The molecule has 1 saturated heterocycles. The summed E-state index contributed by atoms with van der Waals surface area (Å²) in [6.45, 7) is 9.03. The first-order chi connectivity index (χ1) is 8.75. The van der Waals surface area contributed by atoms with E-state index in [1.54, 1.807) is 12.5 Å². The zero-order valence-electron chi connectivity index (χ0n) is 11.6. The van der Waals surface area contributed by atoms with Crippen LogP contribution in [0.4, 0.5) is 0 Å². The highest BCUT2D eigenvalue weighted by atomic mass is 16.3. The highest BCUT2D eigenvalue weighted by molar-refractivity contribution is 5.04. The Kier molecular flexibility index (Phi) is 5.23. The fourth-order valence-electron chi connectivity index (χ4n) is 2.60. The van der Waals surface area contributed by atoms with Crippen molar-refractivity contribution in [1.29, 1.82) is 0 Å². The number of nitrogens with zero attached hydrogens (tertiary/aromatic N) is 2. The zero-order valence-corrected chi connectivity index (χ0v) is 11.6. The van der Waals surface area contributed by atoms with E-state index < -0.39 is 0 Å². The normalized spacial score (nSPS) is 23.1. The lowest BCUT2D eigenvalue weighted by Gasteiger charge is -2.27. The molecule has 0 radical (unpaired) electrons. The van der Waals surface area contributed by atoms with Gasteiger partial charge in [-0.25, -0.2) is 0 Å². The van der Waals surface area contributed by atoms with Crippen LogP contribution >= 0.6 is 0 Å². The SMILES string of the molecule is CC1CN(C)CCCN1CCNCc1ccoc1. The van der Waals surface area contributed by atoms with Crippen molar-refractivity contribution in [2.75, 3.05) is 39.8 Å². The summed E-state index contributed by atoms with van der Waals surface area (Å²) in [4.78, 5) is 5.02. The van der Waals surface area contributed by atoms with E-state index >= 15 is 0 Å². The van der Waals surface area contributed by atoms with Gasteiger partial charge in [-0.05, 0) is 39.5 Å². The van der Waals surface area contributed by atoms with Crippen LogP contribution in [0.2, 0.25) is 0 Å². The fraction of sp³-hybridized carbons (Fsp3) is 0.714. The molecule has 0 aromatic carbocycles. The minimum absolute atomic E-state index is 0.660. The second-order valence-corrected chi connectivity index (χ2v) is 5.31. The maximum absolute atomic E-state index is 5.05. The lowest BCUT2D eigenvalue weighted by molar-refractivity contribution is 0.202. The van der Waals surface area contributed by atoms with Gasteiger partial charge in [0.05, 0.1) is 12.5 Å². The predicted molar refractivity (Wildman–Crippen MR) is 73.6 cm³/mol. The van der Waals surface area contributed by atoms with Crippen molar-refractivity contribution in [2.24, 2.45) is 0 Å². The second-order valence-electron chi connectivity index (χ2n) is 5.31. The van der Waals surface area contributed by atoms with Crippen LogP contribution in [0.1, 0.15) is 18.9 Å². The van der Waals surface area contributed by atoms with E-state index in [0.717, 1.165) is 19.6 Å². The molecule has 1 aromatic heterocycles. The summed E-state index contributed by atoms with van der Waals surface area (Å²) in [6, 6.07) is 2.67. The fourth-order valence-corrected chi connectivity index (χ4v) is 2.60. The second kappa shape index (κ2) is 6.92. The first-order valence-electron chi connectivity index (χ1n) is 6.90. The Hall–Kier alpha value is -0.840. The molecule has 1 aliphatic rings. The van der Waals surface area contributed by atoms with Gasteiger partial charge in [0.25, 0.3) is 0 Å². The lowest BCUT2D eigenvalue weighted by Crippen LogP contribution is -2.41. The Bertz CT molecular complexity index is 326. The van der Waals surface area contributed by atoms with Crippen LogP contribution in [0.25, 0.3) is 0 Å². The van der Waals surface area contributed by atoms with Gasteiger partial charge in [0.2, 0.25) is 0 Å². The number of hydrogen-bond acceptors (Lipinski definition) is 4. The third-order valence-corrected chi connectivity index (χ3v) is 3.67. The molecule has 18 heavy (non-hydrogen) atoms. The highest BCUT2D eigenvalue weighted by Gasteiger charge is 2.18. The van der Waals surface area contributed by atoms with Crippen molar-refractivity contribution in [2.45, 2.75) is 25.9 Å². The van der Waals surface area contributed by atoms with Crippen molar-refractivity contribution >= 4 is 0 Å². The summed E-state index contributed by atoms with van der Waals surface area (Å²) in [7, 11) is 2.22. The molecule has 0 amide bonds. The van der Waals surface area contributed by atoms with E-state index in [-0.39, 0.29) is 0 Å². The molecule has 2 rings (SSSR count). The van der Waals surface area contributed by atoms with Gasteiger partial charge in [0, 0.05) is 37.8 Å². The Balaban J connectivity index is 1.66. The summed E-state index contributed by atoms with van der Waals surface area (Å²) in [6.07, 6.45) is 4.81.